The highest BCUT2D eigenvalue weighted by atomic mass is 79.9. The Bertz CT molecular complexity index is 1730. The number of ether oxygens (including phenoxy) is 3. The van der Waals surface area contributed by atoms with Gasteiger partial charge >= 0.3 is 11.9 Å². The van der Waals surface area contributed by atoms with Crippen LogP contribution < -0.4 is 0 Å². The molecule has 0 radical (unpaired) electrons. The minimum absolute atomic E-state index is 0.0676. The van der Waals surface area contributed by atoms with E-state index in [0.717, 1.165) is 80.9 Å². The third-order valence-corrected chi connectivity index (χ3v) is 10.5. The van der Waals surface area contributed by atoms with Crippen molar-refractivity contribution in [3.8, 4) is 0 Å². The third-order valence-electron chi connectivity index (χ3n) is 9.16. The Morgan fingerprint density at radius 2 is 1.41 bits per heavy atom. The maximum absolute atomic E-state index is 13.6. The van der Waals surface area contributed by atoms with Gasteiger partial charge in [0.05, 0.1) is 53.0 Å². The standard InChI is InChI=1S/C34H37BrCl2N2O5/c1-3-5-14-33(31-20(12-16-42-33)28-22(35)8-7-9-25(28)38-31)18-26(40)44-27(41)19-34(15-6-4-2)32-21(13-17-43-34)29-23(36)10-11-24(37)30(29)39-32/h7-11,38-39H,3-6,12-19H2,1-2H3. The summed E-state index contributed by atoms with van der Waals surface area (Å²) in [5.41, 5.74) is 3.66. The minimum atomic E-state index is -0.982. The molecule has 0 spiro atoms. The summed E-state index contributed by atoms with van der Waals surface area (Å²) in [4.78, 5) is 34.2. The maximum atomic E-state index is 13.6. The van der Waals surface area contributed by atoms with Crippen LogP contribution in [0, 0.1) is 0 Å². The number of hydrogen-bond acceptors (Lipinski definition) is 5. The van der Waals surface area contributed by atoms with Gasteiger partial charge in [-0.25, -0.2) is 0 Å². The maximum Gasteiger partial charge on any atom is 0.316 e. The second-order valence-electron chi connectivity index (χ2n) is 12.0. The normalized spacial score (nSPS) is 21.4. The number of fused-ring (bicyclic) bond motifs is 6. The Kier molecular flexibility index (Phi) is 9.20. The number of aromatic nitrogens is 2. The number of halogens is 3. The smallest absolute Gasteiger partial charge is 0.316 e. The van der Waals surface area contributed by atoms with Gasteiger partial charge in [-0.15, -0.1) is 0 Å². The lowest BCUT2D eigenvalue weighted by Crippen LogP contribution is -2.40. The summed E-state index contributed by atoms with van der Waals surface area (Å²) in [6, 6.07) is 9.58. The molecule has 4 heterocycles. The molecule has 0 saturated carbocycles. The van der Waals surface area contributed by atoms with Crippen LogP contribution in [0.3, 0.4) is 0 Å². The topological polar surface area (TPSA) is 93.4 Å². The van der Waals surface area contributed by atoms with Crippen LogP contribution >= 0.6 is 39.1 Å². The predicted octanol–water partition coefficient (Wildman–Crippen LogP) is 9.19. The third kappa shape index (κ3) is 5.62. The molecule has 4 aromatic rings. The molecule has 2 aliphatic heterocycles. The molecule has 234 valence electrons. The number of rotatable bonds is 10. The van der Waals surface area contributed by atoms with Crippen LogP contribution in [-0.2, 0) is 47.8 Å². The van der Waals surface area contributed by atoms with E-state index in [2.05, 4.69) is 39.7 Å². The molecule has 10 heteroatoms. The highest BCUT2D eigenvalue weighted by Crippen LogP contribution is 2.47. The number of carbonyl (C=O) groups excluding carboxylic acids is 2. The average molecular weight is 704 g/mol. The molecule has 2 aliphatic rings. The van der Waals surface area contributed by atoms with E-state index in [1.54, 1.807) is 12.1 Å². The van der Waals surface area contributed by atoms with Crippen molar-refractivity contribution < 1.29 is 23.8 Å². The molecule has 2 aromatic heterocycles. The van der Waals surface area contributed by atoms with Crippen molar-refractivity contribution in [2.24, 2.45) is 0 Å². The van der Waals surface area contributed by atoms with Gasteiger partial charge in [0.25, 0.3) is 0 Å². The van der Waals surface area contributed by atoms with Gasteiger partial charge in [-0.1, -0.05) is 84.7 Å². The molecule has 44 heavy (non-hydrogen) atoms. The summed E-state index contributed by atoms with van der Waals surface area (Å²) < 4.78 is 19.4. The Hall–Kier alpha value is -2.36. The Morgan fingerprint density at radius 1 is 0.841 bits per heavy atom. The molecule has 6 rings (SSSR count). The van der Waals surface area contributed by atoms with E-state index in [1.165, 1.54) is 0 Å². The largest absolute Gasteiger partial charge is 0.393 e. The predicted molar refractivity (Wildman–Crippen MR) is 176 cm³/mol. The summed E-state index contributed by atoms with van der Waals surface area (Å²) >= 11 is 16.9. The minimum Gasteiger partial charge on any atom is -0.393 e. The molecule has 2 aromatic carbocycles. The summed E-state index contributed by atoms with van der Waals surface area (Å²) in [7, 11) is 0. The summed E-state index contributed by atoms with van der Waals surface area (Å²) in [6.45, 7) is 5.10. The summed E-state index contributed by atoms with van der Waals surface area (Å²) in [5.74, 6) is -1.24. The zero-order valence-electron chi connectivity index (χ0n) is 25.0. The SMILES string of the molecule is CCCCC1(CC(=O)OC(=O)CC2(CCCC)OCCc3c2[nH]c2c(Cl)ccc(Cl)c32)OCCc2c1[nH]c1cccc(Br)c21. The first-order valence-corrected chi connectivity index (χ1v) is 17.1. The Labute approximate surface area is 275 Å². The molecule has 2 N–H and O–H groups in total. The Morgan fingerprint density at radius 3 is 2.02 bits per heavy atom. The van der Waals surface area contributed by atoms with Crippen molar-refractivity contribution >= 4 is 72.9 Å². The number of H-pyrrole nitrogens is 2. The van der Waals surface area contributed by atoms with Gasteiger partial charge in [0.1, 0.15) is 11.2 Å². The van der Waals surface area contributed by atoms with Gasteiger partial charge in [-0.2, -0.15) is 0 Å². The van der Waals surface area contributed by atoms with Crippen LogP contribution in [0.5, 0.6) is 0 Å². The van der Waals surface area contributed by atoms with Gasteiger partial charge in [0.2, 0.25) is 0 Å². The molecule has 2 atom stereocenters. The first-order valence-electron chi connectivity index (χ1n) is 15.5. The van der Waals surface area contributed by atoms with E-state index in [0.29, 0.717) is 42.5 Å². The number of benzene rings is 2. The summed E-state index contributed by atoms with van der Waals surface area (Å²) in [5, 5.41) is 3.11. The van der Waals surface area contributed by atoms with Crippen LogP contribution in [0.1, 0.15) is 87.7 Å². The van der Waals surface area contributed by atoms with Crippen molar-refractivity contribution in [3.05, 3.63) is 67.4 Å². The number of aromatic amines is 2. The van der Waals surface area contributed by atoms with Crippen molar-refractivity contribution in [2.75, 3.05) is 13.2 Å². The van der Waals surface area contributed by atoms with Crippen molar-refractivity contribution in [2.45, 2.75) is 89.3 Å². The highest BCUT2D eigenvalue weighted by Gasteiger charge is 2.45. The Balaban J connectivity index is 1.28. The molecule has 7 nitrogen and oxygen atoms in total. The van der Waals surface area contributed by atoms with Gasteiger partial charge in [0, 0.05) is 20.8 Å². The highest BCUT2D eigenvalue weighted by molar-refractivity contribution is 9.10. The van der Waals surface area contributed by atoms with E-state index < -0.39 is 23.1 Å². The van der Waals surface area contributed by atoms with E-state index in [9.17, 15) is 9.59 Å². The van der Waals surface area contributed by atoms with E-state index in [4.69, 9.17) is 37.4 Å². The van der Waals surface area contributed by atoms with E-state index >= 15 is 0 Å². The second-order valence-corrected chi connectivity index (χ2v) is 13.7. The molecule has 0 saturated heterocycles. The molecule has 0 fully saturated rings. The van der Waals surface area contributed by atoms with Gasteiger partial charge in [-0.05, 0) is 61.1 Å². The molecule has 2 unspecified atom stereocenters. The summed E-state index contributed by atoms with van der Waals surface area (Å²) in [6.07, 6.45) is 5.95. The first-order chi connectivity index (χ1) is 21.2. The lowest BCUT2D eigenvalue weighted by molar-refractivity contribution is -0.171. The fourth-order valence-electron chi connectivity index (χ4n) is 7.12. The molecular formula is C34H37BrCl2N2O5. The molecular weight excluding hydrogens is 667 g/mol. The number of carbonyl (C=O) groups is 2. The van der Waals surface area contributed by atoms with Gasteiger partial charge < -0.3 is 24.2 Å². The first kappa shape index (κ1) is 31.6. The fraction of sp³-hybridized carbons (Fsp3) is 0.471. The zero-order valence-corrected chi connectivity index (χ0v) is 28.1. The monoisotopic (exact) mass is 702 g/mol. The van der Waals surface area contributed by atoms with Gasteiger partial charge in [0.15, 0.2) is 0 Å². The van der Waals surface area contributed by atoms with E-state index in [1.807, 2.05) is 18.2 Å². The van der Waals surface area contributed by atoms with Crippen LogP contribution in [0.4, 0.5) is 0 Å². The van der Waals surface area contributed by atoms with Gasteiger partial charge in [-0.3, -0.25) is 9.59 Å². The zero-order chi connectivity index (χ0) is 31.1. The molecule has 0 bridgehead atoms. The second kappa shape index (κ2) is 12.8. The number of esters is 2. The van der Waals surface area contributed by atoms with Crippen LogP contribution in [0.2, 0.25) is 10.0 Å². The van der Waals surface area contributed by atoms with Crippen LogP contribution in [0.25, 0.3) is 21.8 Å². The van der Waals surface area contributed by atoms with Crippen molar-refractivity contribution in [1.29, 1.82) is 0 Å². The molecule has 0 aliphatic carbocycles. The average Bonchev–Trinajstić information content (AvgIpc) is 3.59. The van der Waals surface area contributed by atoms with Crippen molar-refractivity contribution in [3.63, 3.8) is 0 Å². The molecule has 0 amide bonds. The number of nitrogens with one attached hydrogen (secondary N) is 2. The number of hydrogen-bond donors (Lipinski definition) is 2. The van der Waals surface area contributed by atoms with E-state index in [-0.39, 0.29) is 12.8 Å². The number of unbranched alkanes of at least 4 members (excludes halogenated alkanes) is 2. The lowest BCUT2D eigenvalue weighted by atomic mass is 9.83. The van der Waals surface area contributed by atoms with Crippen LogP contribution in [0.15, 0.2) is 34.8 Å². The van der Waals surface area contributed by atoms with Crippen LogP contribution in [-0.4, -0.2) is 35.1 Å². The lowest BCUT2D eigenvalue weighted by Gasteiger charge is -2.38. The van der Waals surface area contributed by atoms with Crippen molar-refractivity contribution in [1.82, 2.24) is 9.97 Å². The quantitative estimate of drug-likeness (QED) is 0.127. The fourth-order valence-corrected chi connectivity index (χ4v) is 8.21.